The minimum absolute atomic E-state index is 0.0459. The van der Waals surface area contributed by atoms with E-state index in [0.717, 1.165) is 11.1 Å². The molecule has 43 heavy (non-hydrogen) atoms. The van der Waals surface area contributed by atoms with Gasteiger partial charge in [-0.1, -0.05) is 24.7 Å². The third-order valence-corrected chi connectivity index (χ3v) is 7.76. The van der Waals surface area contributed by atoms with Gasteiger partial charge in [-0.25, -0.2) is 17.8 Å². The highest BCUT2D eigenvalue weighted by atomic mass is 32.2. The number of halogens is 1. The van der Waals surface area contributed by atoms with Crippen LogP contribution in [-0.2, 0) is 40.9 Å². The Morgan fingerprint density at radius 2 is 2.02 bits per heavy atom. The van der Waals surface area contributed by atoms with Crippen molar-refractivity contribution in [2.75, 3.05) is 11.8 Å². The molecule has 2 aromatic carbocycles. The summed E-state index contributed by atoms with van der Waals surface area (Å²) in [5.74, 6) is -1.01. The number of aromatic nitrogens is 5. The summed E-state index contributed by atoms with van der Waals surface area (Å²) in [6, 6.07) is 8.36. The van der Waals surface area contributed by atoms with E-state index in [1.807, 2.05) is 6.92 Å². The molecule has 0 saturated carbocycles. The van der Waals surface area contributed by atoms with E-state index in [1.54, 1.807) is 59.8 Å². The molecule has 0 aliphatic carbocycles. The summed E-state index contributed by atoms with van der Waals surface area (Å²) >= 11 is 0. The van der Waals surface area contributed by atoms with Crippen molar-refractivity contribution in [3.8, 4) is 11.5 Å². The van der Waals surface area contributed by atoms with Gasteiger partial charge in [0.2, 0.25) is 0 Å². The number of imidazole rings is 1. The molecule has 0 radical (unpaired) electrons. The lowest BCUT2D eigenvalue weighted by Gasteiger charge is -2.14. The van der Waals surface area contributed by atoms with Crippen molar-refractivity contribution in [1.29, 1.82) is 0 Å². The highest BCUT2D eigenvalue weighted by Crippen LogP contribution is 2.36. The number of rotatable bonds is 13. The molecule has 0 atom stereocenters. The minimum Gasteiger partial charge on any atom is -0.496 e. The van der Waals surface area contributed by atoms with E-state index >= 15 is 0 Å². The van der Waals surface area contributed by atoms with Crippen LogP contribution in [-0.4, -0.2) is 46.3 Å². The molecule has 0 unspecified atom stereocenters. The number of hydrogen-bond acceptors (Lipinski definition) is 9. The fourth-order valence-corrected chi connectivity index (χ4v) is 5.47. The summed E-state index contributed by atoms with van der Waals surface area (Å²) in [4.78, 5) is 18.4. The monoisotopic (exact) mass is 609 g/mol. The summed E-state index contributed by atoms with van der Waals surface area (Å²) in [5.41, 5.74) is 2.45. The first-order valence-electron chi connectivity index (χ1n) is 13.0. The van der Waals surface area contributed by atoms with Crippen LogP contribution in [0.15, 0.2) is 76.9 Å². The van der Waals surface area contributed by atoms with E-state index in [1.165, 1.54) is 7.11 Å². The number of benzene rings is 2. The zero-order valence-electron chi connectivity index (χ0n) is 23.3. The number of methoxy groups -OCH3 is 1. The number of fused-ring (bicyclic) bond motifs is 1. The Morgan fingerprint density at radius 3 is 2.74 bits per heavy atom. The van der Waals surface area contributed by atoms with Crippen molar-refractivity contribution in [1.82, 2.24) is 30.2 Å². The summed E-state index contributed by atoms with van der Waals surface area (Å²) in [6.45, 7) is 5.29. The van der Waals surface area contributed by atoms with Gasteiger partial charge in [-0.15, -0.1) is 0 Å². The van der Waals surface area contributed by atoms with E-state index in [2.05, 4.69) is 36.8 Å². The second kappa shape index (κ2) is 12.4. The zero-order chi connectivity index (χ0) is 30.6. The Balaban J connectivity index is 1.38. The minimum atomic E-state index is -4.18. The summed E-state index contributed by atoms with van der Waals surface area (Å²) < 4.78 is 61.2. The molecule has 0 saturated heterocycles. The maximum Gasteiger partial charge on any atom is 0.279 e. The third kappa shape index (κ3) is 6.67. The molecule has 0 aliphatic heterocycles. The Labute approximate surface area is 245 Å². The number of H-pyrrole nitrogens is 1. The van der Waals surface area contributed by atoms with Crippen molar-refractivity contribution in [2.24, 2.45) is 0 Å². The van der Waals surface area contributed by atoms with Crippen LogP contribution in [0.1, 0.15) is 29.4 Å². The van der Waals surface area contributed by atoms with Gasteiger partial charge in [0.1, 0.15) is 34.2 Å². The Hall–Kier alpha value is -5.18. The molecule has 13 nitrogen and oxygen atoms in total. The van der Waals surface area contributed by atoms with Gasteiger partial charge in [0.05, 0.1) is 19.9 Å². The maximum atomic E-state index is 13.6. The van der Waals surface area contributed by atoms with Crippen molar-refractivity contribution >= 4 is 32.7 Å². The van der Waals surface area contributed by atoms with Gasteiger partial charge in [0.25, 0.3) is 15.9 Å². The number of amides is 1. The van der Waals surface area contributed by atoms with Gasteiger partial charge in [-0.05, 0) is 41.8 Å². The Morgan fingerprint density at radius 1 is 1.19 bits per heavy atom. The van der Waals surface area contributed by atoms with E-state index in [9.17, 15) is 17.6 Å². The van der Waals surface area contributed by atoms with Crippen LogP contribution in [0.25, 0.3) is 11.0 Å². The lowest BCUT2D eigenvalue weighted by atomic mass is 10.1. The predicted octanol–water partition coefficient (Wildman–Crippen LogP) is 3.85. The Bertz CT molecular complexity index is 1880. The topological polar surface area (TPSA) is 166 Å². The molecule has 224 valence electrons. The number of nitrogens with zero attached hydrogens (tertiary/aromatic N) is 4. The molecule has 0 fully saturated rings. The second-order valence-electron chi connectivity index (χ2n) is 9.40. The fourth-order valence-electron chi connectivity index (χ4n) is 4.27. The molecule has 5 aromatic rings. The van der Waals surface area contributed by atoms with Gasteiger partial charge in [0, 0.05) is 30.7 Å². The number of anilines is 1. The van der Waals surface area contributed by atoms with E-state index < -0.39 is 21.8 Å². The average molecular weight is 610 g/mol. The van der Waals surface area contributed by atoms with Crippen LogP contribution in [0.3, 0.4) is 0 Å². The molecule has 0 aliphatic rings. The smallest absolute Gasteiger partial charge is 0.279 e. The van der Waals surface area contributed by atoms with Gasteiger partial charge < -0.3 is 24.3 Å². The number of carbonyl (C=O) groups excluding carboxylic acids is 1. The van der Waals surface area contributed by atoms with Gasteiger partial charge in [-0.2, -0.15) is 5.10 Å². The highest BCUT2D eigenvalue weighted by Gasteiger charge is 2.25. The SMILES string of the molecule is C=C(F)C(=O)NCc1cnn(Cc2cc(OC)c3c(NS(=O)(=O)c4cc(CC)ccc4OCc4ncc[nH]4)noc3c2)c1. The predicted molar refractivity (Wildman–Crippen MR) is 154 cm³/mol. The largest absolute Gasteiger partial charge is 0.496 e. The van der Waals surface area contributed by atoms with Crippen LogP contribution < -0.4 is 19.5 Å². The fraction of sp³-hybridized carbons (Fsp3) is 0.214. The van der Waals surface area contributed by atoms with Crippen molar-refractivity contribution in [3.05, 3.63) is 90.0 Å². The summed E-state index contributed by atoms with van der Waals surface area (Å²) in [5, 5.41) is 11.0. The molecular weight excluding hydrogens is 581 g/mol. The first-order valence-corrected chi connectivity index (χ1v) is 14.5. The first-order chi connectivity index (χ1) is 20.7. The van der Waals surface area contributed by atoms with Crippen LogP contribution in [0.4, 0.5) is 10.2 Å². The molecule has 3 aromatic heterocycles. The summed E-state index contributed by atoms with van der Waals surface area (Å²) in [7, 11) is -2.74. The molecule has 3 N–H and O–H groups in total. The first kappa shape index (κ1) is 29.3. The van der Waals surface area contributed by atoms with E-state index in [4.69, 9.17) is 14.0 Å². The quantitative estimate of drug-likeness (QED) is 0.168. The van der Waals surface area contributed by atoms with Crippen LogP contribution in [0.5, 0.6) is 11.5 Å². The highest BCUT2D eigenvalue weighted by molar-refractivity contribution is 7.92. The number of hydrogen-bond donors (Lipinski definition) is 3. The third-order valence-electron chi connectivity index (χ3n) is 6.40. The molecule has 1 amide bonds. The number of ether oxygens (including phenoxy) is 2. The summed E-state index contributed by atoms with van der Waals surface area (Å²) in [6.07, 6.45) is 7.07. The van der Waals surface area contributed by atoms with Crippen molar-refractivity contribution in [3.63, 3.8) is 0 Å². The zero-order valence-corrected chi connectivity index (χ0v) is 24.1. The van der Waals surface area contributed by atoms with Gasteiger partial charge in [-0.3, -0.25) is 14.2 Å². The van der Waals surface area contributed by atoms with Crippen molar-refractivity contribution in [2.45, 2.75) is 37.9 Å². The maximum absolute atomic E-state index is 13.6. The van der Waals surface area contributed by atoms with Gasteiger partial charge >= 0.3 is 0 Å². The van der Waals surface area contributed by atoms with Crippen molar-refractivity contribution < 1.29 is 31.6 Å². The molecule has 3 heterocycles. The standard InChI is InChI=1S/C28H28FN7O6S/c1-4-18-5-6-21(41-16-25-30-7-8-31-25)24(11-18)43(38,39)35-27-26-22(40-3)9-19(10-23(26)42-34-27)14-36-15-20(13-33-36)12-32-28(37)17(2)29/h5-11,13,15H,2,4,12,14,16H2,1,3H3,(H,30,31)(H,32,37)(H,34,35). The van der Waals surface area contributed by atoms with Gasteiger partial charge in [0.15, 0.2) is 17.2 Å². The van der Waals surface area contributed by atoms with Crippen LogP contribution in [0, 0.1) is 0 Å². The Kier molecular flexibility index (Phi) is 8.43. The number of nitrogens with one attached hydrogen (secondary N) is 3. The van der Waals surface area contributed by atoms with E-state index in [-0.39, 0.29) is 41.7 Å². The van der Waals surface area contributed by atoms with E-state index in [0.29, 0.717) is 28.9 Å². The second-order valence-corrected chi connectivity index (χ2v) is 11.1. The number of aromatic amines is 1. The van der Waals surface area contributed by atoms with Crippen LogP contribution in [0.2, 0.25) is 0 Å². The number of sulfonamides is 1. The average Bonchev–Trinajstić information content (AvgIpc) is 3.76. The lowest BCUT2D eigenvalue weighted by molar-refractivity contribution is -0.119. The number of aryl methyl sites for hydroxylation is 1. The lowest BCUT2D eigenvalue weighted by Crippen LogP contribution is -2.22. The van der Waals surface area contributed by atoms with Crippen LogP contribution >= 0.6 is 0 Å². The normalized spacial score (nSPS) is 11.4. The molecule has 5 rings (SSSR count). The number of carbonyl (C=O) groups is 1. The molecule has 0 bridgehead atoms. The molecular formula is C28H28FN7O6S. The molecule has 0 spiro atoms. The molecule has 15 heteroatoms.